The van der Waals surface area contributed by atoms with Gasteiger partial charge in [-0.3, -0.25) is 0 Å². The molecular weight excluding hydrogens is 340 g/mol. The molecule has 0 saturated carbocycles. The zero-order valence-corrected chi connectivity index (χ0v) is 14.8. The first-order chi connectivity index (χ1) is 10.6. The number of thiocarbonyl (C=S) groups is 1. The predicted molar refractivity (Wildman–Crippen MR) is 97.3 cm³/mol. The molecule has 22 heavy (non-hydrogen) atoms. The van der Waals surface area contributed by atoms with Gasteiger partial charge < -0.3 is 15.4 Å². The summed E-state index contributed by atoms with van der Waals surface area (Å²) in [5, 5.41) is 8.14. The minimum absolute atomic E-state index is 0.417. The molecule has 0 aliphatic carbocycles. The van der Waals surface area contributed by atoms with Crippen LogP contribution in [-0.4, -0.2) is 24.7 Å². The molecule has 0 saturated heterocycles. The maximum atomic E-state index is 11.7. The van der Waals surface area contributed by atoms with Gasteiger partial charge in [0.2, 0.25) is 0 Å². The molecule has 118 valence electrons. The van der Waals surface area contributed by atoms with Crippen molar-refractivity contribution in [2.45, 2.75) is 19.8 Å². The number of fused-ring (bicyclic) bond motifs is 1. The number of anilines is 1. The molecule has 2 rings (SSSR count). The highest BCUT2D eigenvalue weighted by molar-refractivity contribution is 7.80. The number of thiophene rings is 1. The number of carbonyl (C=O) groups excluding carboxylic acids is 1. The summed E-state index contributed by atoms with van der Waals surface area (Å²) in [6.45, 7) is 2.98. The zero-order chi connectivity index (χ0) is 16.1. The van der Waals surface area contributed by atoms with Crippen LogP contribution in [0.5, 0.6) is 0 Å². The average molecular weight is 357 g/mol. The highest BCUT2D eigenvalue weighted by atomic mass is 35.5. The van der Waals surface area contributed by atoms with E-state index in [2.05, 4.69) is 17.6 Å². The number of methoxy groups -OCH3 is 1. The van der Waals surface area contributed by atoms with Gasteiger partial charge >= 0.3 is 5.97 Å². The molecule has 1 aromatic heterocycles. The molecular formula is C15H17ClN2O2S2. The van der Waals surface area contributed by atoms with Crippen LogP contribution in [0, 0.1) is 0 Å². The number of rotatable bonds is 5. The van der Waals surface area contributed by atoms with Gasteiger partial charge in [-0.1, -0.05) is 24.9 Å². The Balaban J connectivity index is 2.17. The number of esters is 1. The van der Waals surface area contributed by atoms with Gasteiger partial charge in [-0.05, 0) is 36.8 Å². The molecule has 1 heterocycles. The van der Waals surface area contributed by atoms with Crippen molar-refractivity contribution in [2.24, 2.45) is 0 Å². The molecule has 7 heteroatoms. The van der Waals surface area contributed by atoms with Crippen molar-refractivity contribution in [3.63, 3.8) is 0 Å². The third-order valence-electron chi connectivity index (χ3n) is 3.07. The summed E-state index contributed by atoms with van der Waals surface area (Å²) in [4.78, 5) is 12.1. The predicted octanol–water partition coefficient (Wildman–Crippen LogP) is 4.43. The maximum Gasteiger partial charge on any atom is 0.349 e. The van der Waals surface area contributed by atoms with Crippen LogP contribution < -0.4 is 10.6 Å². The number of ether oxygens (including phenoxy) is 1. The third kappa shape index (κ3) is 3.88. The number of nitrogens with one attached hydrogen (secondary N) is 2. The van der Waals surface area contributed by atoms with Crippen LogP contribution in [0.4, 0.5) is 5.69 Å². The highest BCUT2D eigenvalue weighted by Gasteiger charge is 2.17. The fourth-order valence-corrected chi connectivity index (χ4v) is 3.61. The standard InChI is InChI=1S/C15H17ClN2O2S2/c1-3-4-7-17-15(21)18-9-5-6-10-11(8-9)22-13(12(10)16)14(19)20-2/h5-6,8H,3-4,7H2,1-2H3,(H2,17,18,21). The van der Waals surface area contributed by atoms with Gasteiger partial charge in [-0.15, -0.1) is 11.3 Å². The lowest BCUT2D eigenvalue weighted by atomic mass is 10.2. The summed E-state index contributed by atoms with van der Waals surface area (Å²) in [6.07, 6.45) is 2.19. The van der Waals surface area contributed by atoms with Crippen molar-refractivity contribution in [3.05, 3.63) is 28.1 Å². The minimum Gasteiger partial charge on any atom is -0.465 e. The van der Waals surface area contributed by atoms with Crippen molar-refractivity contribution in [3.8, 4) is 0 Å². The first-order valence-electron chi connectivity index (χ1n) is 6.92. The molecule has 0 unspecified atom stereocenters. The summed E-state index contributed by atoms with van der Waals surface area (Å²) in [7, 11) is 1.34. The van der Waals surface area contributed by atoms with E-state index >= 15 is 0 Å². The second-order valence-corrected chi connectivity index (χ2v) is 6.52. The molecule has 0 bridgehead atoms. The molecule has 0 atom stereocenters. The van der Waals surface area contributed by atoms with E-state index in [1.807, 2.05) is 18.2 Å². The molecule has 4 nitrogen and oxygen atoms in total. The topological polar surface area (TPSA) is 50.4 Å². The van der Waals surface area contributed by atoms with Crippen molar-refractivity contribution in [1.29, 1.82) is 0 Å². The fourth-order valence-electron chi connectivity index (χ4n) is 1.92. The van der Waals surface area contributed by atoms with E-state index < -0.39 is 5.97 Å². The third-order valence-corrected chi connectivity index (χ3v) is 4.96. The number of benzene rings is 1. The molecule has 0 spiro atoms. The monoisotopic (exact) mass is 356 g/mol. The van der Waals surface area contributed by atoms with E-state index in [-0.39, 0.29) is 0 Å². The summed E-state index contributed by atoms with van der Waals surface area (Å²) in [6, 6.07) is 5.68. The van der Waals surface area contributed by atoms with Crippen LogP contribution in [0.25, 0.3) is 10.1 Å². The lowest BCUT2D eigenvalue weighted by molar-refractivity contribution is 0.0606. The van der Waals surface area contributed by atoms with Crippen molar-refractivity contribution in [2.75, 3.05) is 19.0 Å². The number of unbranched alkanes of at least 4 members (excludes halogenated alkanes) is 1. The number of carbonyl (C=O) groups is 1. The largest absolute Gasteiger partial charge is 0.465 e. The van der Waals surface area contributed by atoms with Crippen LogP contribution in [0.3, 0.4) is 0 Å². The minimum atomic E-state index is -0.419. The van der Waals surface area contributed by atoms with E-state index in [1.165, 1.54) is 18.4 Å². The van der Waals surface area contributed by atoms with E-state index in [0.29, 0.717) is 15.0 Å². The summed E-state index contributed by atoms with van der Waals surface area (Å²) in [5.41, 5.74) is 0.857. The Labute approximate surface area is 143 Å². The number of halogens is 1. The van der Waals surface area contributed by atoms with Crippen molar-refractivity contribution >= 4 is 62.0 Å². The first-order valence-corrected chi connectivity index (χ1v) is 8.52. The first kappa shape index (κ1) is 17.0. The highest BCUT2D eigenvalue weighted by Crippen LogP contribution is 2.37. The fraction of sp³-hybridized carbons (Fsp3) is 0.333. The smallest absolute Gasteiger partial charge is 0.349 e. The van der Waals surface area contributed by atoms with E-state index in [1.54, 1.807) is 0 Å². The number of hydrogen-bond acceptors (Lipinski definition) is 4. The normalized spacial score (nSPS) is 10.5. The van der Waals surface area contributed by atoms with E-state index in [4.69, 9.17) is 28.6 Å². The van der Waals surface area contributed by atoms with Gasteiger partial charge in [-0.2, -0.15) is 0 Å². The second-order valence-electron chi connectivity index (χ2n) is 4.68. The number of hydrogen-bond donors (Lipinski definition) is 2. The molecule has 2 aromatic rings. The van der Waals surface area contributed by atoms with Gasteiger partial charge in [0, 0.05) is 22.3 Å². The Bertz CT molecular complexity index is 700. The lowest BCUT2D eigenvalue weighted by Gasteiger charge is -2.10. The Kier molecular flexibility index (Phi) is 5.99. The zero-order valence-electron chi connectivity index (χ0n) is 12.4. The molecule has 0 aliphatic rings. The molecule has 0 aliphatic heterocycles. The Morgan fingerprint density at radius 2 is 2.23 bits per heavy atom. The molecule has 1 aromatic carbocycles. The van der Waals surface area contributed by atoms with Crippen LogP contribution in [0.15, 0.2) is 18.2 Å². The lowest BCUT2D eigenvalue weighted by Crippen LogP contribution is -2.29. The van der Waals surface area contributed by atoms with Gasteiger partial charge in [0.15, 0.2) is 5.11 Å². The summed E-state index contributed by atoms with van der Waals surface area (Å²) >= 11 is 12.8. The van der Waals surface area contributed by atoms with Gasteiger partial charge in [0.1, 0.15) is 4.88 Å². The van der Waals surface area contributed by atoms with Crippen LogP contribution in [0.1, 0.15) is 29.4 Å². The quantitative estimate of drug-likeness (QED) is 0.471. The van der Waals surface area contributed by atoms with E-state index in [9.17, 15) is 4.79 Å². The van der Waals surface area contributed by atoms with Gasteiger partial charge in [-0.25, -0.2) is 4.79 Å². The SMILES string of the molecule is CCCCNC(=S)Nc1ccc2c(Cl)c(C(=O)OC)sc2c1. The Morgan fingerprint density at radius 1 is 1.45 bits per heavy atom. The maximum absolute atomic E-state index is 11.7. The molecule has 0 fully saturated rings. The van der Waals surface area contributed by atoms with E-state index in [0.717, 1.165) is 35.2 Å². The molecule has 0 radical (unpaired) electrons. The second kappa shape index (κ2) is 7.76. The average Bonchev–Trinajstić information content (AvgIpc) is 2.83. The van der Waals surface area contributed by atoms with Crippen molar-refractivity contribution < 1.29 is 9.53 Å². The van der Waals surface area contributed by atoms with Gasteiger partial charge in [0.05, 0.1) is 12.1 Å². The van der Waals surface area contributed by atoms with Crippen LogP contribution in [0.2, 0.25) is 5.02 Å². The summed E-state index contributed by atoms with van der Waals surface area (Å²) < 4.78 is 5.65. The molecule has 2 N–H and O–H groups in total. The van der Waals surface area contributed by atoms with Crippen molar-refractivity contribution in [1.82, 2.24) is 5.32 Å². The van der Waals surface area contributed by atoms with Gasteiger partial charge in [0.25, 0.3) is 0 Å². The summed E-state index contributed by atoms with van der Waals surface area (Å²) in [5.74, 6) is -0.419. The Morgan fingerprint density at radius 3 is 2.91 bits per heavy atom. The molecule has 0 amide bonds. The van der Waals surface area contributed by atoms with Crippen LogP contribution in [-0.2, 0) is 4.74 Å². The van der Waals surface area contributed by atoms with Crippen LogP contribution >= 0.6 is 35.2 Å². The Hall–Kier alpha value is -1.37.